The molecule has 0 radical (unpaired) electrons. The second-order valence-electron chi connectivity index (χ2n) is 7.40. The Bertz CT molecular complexity index is 1500. The van der Waals surface area contributed by atoms with Crippen LogP contribution >= 0.6 is 11.8 Å². The van der Waals surface area contributed by atoms with Crippen molar-refractivity contribution in [3.05, 3.63) is 54.2 Å². The summed E-state index contributed by atoms with van der Waals surface area (Å²) >= 11 is 1.15. The van der Waals surface area contributed by atoms with Crippen LogP contribution in [0.4, 0.5) is 0 Å². The first kappa shape index (κ1) is 23.7. The lowest BCUT2D eigenvalue weighted by Gasteiger charge is -2.18. The molecule has 4 aromatic rings. The molecule has 1 unspecified atom stereocenters. The summed E-state index contributed by atoms with van der Waals surface area (Å²) in [6.07, 6.45) is 1.48. The van der Waals surface area contributed by atoms with E-state index in [0.29, 0.717) is 29.4 Å². The zero-order valence-corrected chi connectivity index (χ0v) is 20.4. The predicted molar refractivity (Wildman–Crippen MR) is 130 cm³/mol. The van der Waals surface area contributed by atoms with Gasteiger partial charge in [-0.15, -0.1) is 10.2 Å². The number of nitrogens with zero attached hydrogens (tertiary/aromatic N) is 6. The molecule has 10 nitrogen and oxygen atoms in total. The van der Waals surface area contributed by atoms with Crippen LogP contribution < -0.4 is 0 Å². The number of nitriles is 1. The average Bonchev–Trinajstić information content (AvgIpc) is 3.43. The molecule has 34 heavy (non-hydrogen) atoms. The summed E-state index contributed by atoms with van der Waals surface area (Å²) in [5.41, 5.74) is 1.93. The Hall–Kier alpha value is -3.40. The maximum atomic E-state index is 12.9. The van der Waals surface area contributed by atoms with Crippen LogP contribution in [0, 0.1) is 11.3 Å². The maximum Gasteiger partial charge on any atom is 0.244 e. The van der Waals surface area contributed by atoms with Crippen molar-refractivity contribution in [1.29, 1.82) is 5.26 Å². The number of aliphatic hydroxyl groups excluding tert-OH is 1. The molecule has 0 fully saturated rings. The van der Waals surface area contributed by atoms with Gasteiger partial charge in [0.15, 0.2) is 16.6 Å². The van der Waals surface area contributed by atoms with Crippen molar-refractivity contribution in [3.8, 4) is 6.07 Å². The van der Waals surface area contributed by atoms with Crippen molar-refractivity contribution in [2.24, 2.45) is 0 Å². The highest BCUT2D eigenvalue weighted by Crippen LogP contribution is 2.30. The van der Waals surface area contributed by atoms with Gasteiger partial charge in [0.2, 0.25) is 10.0 Å². The van der Waals surface area contributed by atoms with E-state index in [2.05, 4.69) is 20.2 Å². The largest absolute Gasteiger partial charge is 0.510 e. The normalized spacial score (nSPS) is 13.9. The lowest BCUT2D eigenvalue weighted by Crippen LogP contribution is -2.30. The molecule has 0 aliphatic carbocycles. The molecule has 0 saturated carbocycles. The molecule has 0 saturated heterocycles. The minimum Gasteiger partial charge on any atom is -0.510 e. The molecule has 0 aliphatic heterocycles. The molecule has 1 atom stereocenters. The molecule has 1 aromatic carbocycles. The predicted octanol–water partition coefficient (Wildman–Crippen LogP) is 3.61. The first-order valence-electron chi connectivity index (χ1n) is 10.6. The highest BCUT2D eigenvalue weighted by atomic mass is 32.2. The number of thioether (sulfide) groups is 1. The SMILES string of the molecule is CCN(CC)S(=O)(=O)c1ccc2nnc(SC(C)/C(O)=C(\C#N)c3nc4ccccc4[nH]3)n2c1. The first-order chi connectivity index (χ1) is 16.3. The Morgan fingerprint density at radius 2 is 1.97 bits per heavy atom. The number of fused-ring (bicyclic) bond motifs is 2. The van der Waals surface area contributed by atoms with Crippen LogP contribution in [-0.2, 0) is 10.0 Å². The summed E-state index contributed by atoms with van der Waals surface area (Å²) < 4.78 is 28.8. The lowest BCUT2D eigenvalue weighted by atomic mass is 10.2. The molecule has 0 aliphatic rings. The minimum atomic E-state index is -3.66. The van der Waals surface area contributed by atoms with E-state index in [0.717, 1.165) is 17.3 Å². The third kappa shape index (κ3) is 4.25. The molecule has 3 heterocycles. The number of hydrogen-bond acceptors (Lipinski definition) is 8. The van der Waals surface area contributed by atoms with Crippen molar-refractivity contribution >= 4 is 44.0 Å². The third-order valence-corrected chi connectivity index (χ3v) is 8.45. The molecular formula is C22H23N7O3S2. The summed E-state index contributed by atoms with van der Waals surface area (Å²) in [7, 11) is -3.66. The minimum absolute atomic E-state index is 0.0230. The average molecular weight is 498 g/mol. The zero-order valence-electron chi connectivity index (χ0n) is 18.8. The van der Waals surface area contributed by atoms with Gasteiger partial charge >= 0.3 is 0 Å². The van der Waals surface area contributed by atoms with Crippen molar-refractivity contribution in [1.82, 2.24) is 28.9 Å². The number of sulfonamides is 1. The van der Waals surface area contributed by atoms with Crippen LogP contribution in [0.15, 0.2) is 58.4 Å². The first-order valence-corrected chi connectivity index (χ1v) is 12.9. The summed E-state index contributed by atoms with van der Waals surface area (Å²) in [5, 5.41) is 28.6. The molecule has 4 rings (SSSR count). The number of aromatic amines is 1. The smallest absolute Gasteiger partial charge is 0.244 e. The summed E-state index contributed by atoms with van der Waals surface area (Å²) in [6, 6.07) is 12.5. The fraction of sp³-hybridized carbons (Fsp3) is 0.273. The van der Waals surface area contributed by atoms with Crippen LogP contribution in [0.5, 0.6) is 0 Å². The summed E-state index contributed by atoms with van der Waals surface area (Å²) in [5.74, 6) is 0.0996. The standard InChI is InChI=1S/C22H23N7O3S2/c1-4-28(5-2)34(31,32)15-10-11-19-26-27-22(29(19)13-15)33-14(3)20(30)16(12-23)21-24-17-8-6-7-9-18(17)25-21/h6-11,13-14,30H,4-5H2,1-3H3,(H,24,25)/b20-16-. The van der Waals surface area contributed by atoms with E-state index in [1.807, 2.05) is 30.3 Å². The van der Waals surface area contributed by atoms with Gasteiger partial charge in [-0.25, -0.2) is 13.4 Å². The molecule has 12 heteroatoms. The van der Waals surface area contributed by atoms with Crippen molar-refractivity contribution in [3.63, 3.8) is 0 Å². The van der Waals surface area contributed by atoms with Gasteiger partial charge in [0.05, 0.1) is 21.2 Å². The number of hydrogen-bond donors (Lipinski definition) is 2. The van der Waals surface area contributed by atoms with E-state index in [1.54, 1.807) is 31.2 Å². The zero-order chi connectivity index (χ0) is 24.5. The number of pyridine rings is 1. The number of H-pyrrole nitrogens is 1. The number of aliphatic hydroxyl groups is 1. The highest BCUT2D eigenvalue weighted by Gasteiger charge is 2.24. The molecular weight excluding hydrogens is 474 g/mol. The van der Waals surface area contributed by atoms with Gasteiger partial charge in [-0.05, 0) is 31.2 Å². The summed E-state index contributed by atoms with van der Waals surface area (Å²) in [4.78, 5) is 7.57. The van der Waals surface area contributed by atoms with Gasteiger partial charge in [0.25, 0.3) is 0 Å². The Morgan fingerprint density at radius 3 is 2.65 bits per heavy atom. The van der Waals surface area contributed by atoms with Crippen LogP contribution in [0.2, 0.25) is 0 Å². The number of para-hydroxylation sites is 2. The van der Waals surface area contributed by atoms with E-state index < -0.39 is 15.3 Å². The second-order valence-corrected chi connectivity index (χ2v) is 10.6. The van der Waals surface area contributed by atoms with Crippen molar-refractivity contribution in [2.75, 3.05) is 13.1 Å². The van der Waals surface area contributed by atoms with Crippen LogP contribution in [0.3, 0.4) is 0 Å². The number of imidazole rings is 1. The van der Waals surface area contributed by atoms with E-state index in [-0.39, 0.29) is 22.1 Å². The van der Waals surface area contributed by atoms with Crippen molar-refractivity contribution in [2.45, 2.75) is 36.1 Å². The maximum absolute atomic E-state index is 12.9. The third-order valence-electron chi connectivity index (χ3n) is 5.35. The Labute approximate surface area is 201 Å². The molecule has 0 amide bonds. The molecule has 2 N–H and O–H groups in total. The van der Waals surface area contributed by atoms with Crippen LogP contribution in [-0.4, -0.2) is 60.7 Å². The Kier molecular flexibility index (Phi) is 6.60. The molecule has 176 valence electrons. The number of nitrogens with one attached hydrogen (secondary N) is 1. The topological polar surface area (TPSA) is 140 Å². The summed E-state index contributed by atoms with van der Waals surface area (Å²) in [6.45, 7) is 6.00. The quantitative estimate of drug-likeness (QED) is 0.214. The van der Waals surface area contributed by atoms with Gasteiger partial charge in [0.1, 0.15) is 17.4 Å². The van der Waals surface area contributed by atoms with E-state index in [9.17, 15) is 18.8 Å². The fourth-order valence-electron chi connectivity index (χ4n) is 3.52. The molecule has 0 spiro atoms. The number of allylic oxidation sites excluding steroid dienone is 1. The number of benzene rings is 1. The molecule has 3 aromatic heterocycles. The highest BCUT2D eigenvalue weighted by molar-refractivity contribution is 8.00. The monoisotopic (exact) mass is 497 g/mol. The van der Waals surface area contributed by atoms with Gasteiger partial charge in [-0.1, -0.05) is 37.7 Å². The molecule has 0 bridgehead atoms. The van der Waals surface area contributed by atoms with Gasteiger partial charge in [-0.3, -0.25) is 4.40 Å². The van der Waals surface area contributed by atoms with E-state index in [4.69, 9.17) is 0 Å². The Morgan fingerprint density at radius 1 is 1.24 bits per heavy atom. The number of aromatic nitrogens is 5. The fourth-order valence-corrected chi connectivity index (χ4v) is 5.87. The van der Waals surface area contributed by atoms with E-state index >= 15 is 0 Å². The second kappa shape index (κ2) is 9.46. The van der Waals surface area contributed by atoms with Crippen molar-refractivity contribution < 1.29 is 13.5 Å². The van der Waals surface area contributed by atoms with Gasteiger partial charge in [-0.2, -0.15) is 9.57 Å². The lowest BCUT2D eigenvalue weighted by molar-refractivity contribution is 0.401. The van der Waals surface area contributed by atoms with Gasteiger partial charge < -0.3 is 10.1 Å². The van der Waals surface area contributed by atoms with Crippen LogP contribution in [0.25, 0.3) is 22.3 Å². The Balaban J connectivity index is 1.68. The van der Waals surface area contributed by atoms with Gasteiger partial charge in [0, 0.05) is 19.3 Å². The number of rotatable bonds is 8. The van der Waals surface area contributed by atoms with E-state index in [1.165, 1.54) is 16.6 Å². The van der Waals surface area contributed by atoms with Crippen LogP contribution in [0.1, 0.15) is 26.6 Å².